The van der Waals surface area contributed by atoms with Crippen LogP contribution in [-0.4, -0.2) is 26.1 Å². The van der Waals surface area contributed by atoms with Gasteiger partial charge in [0.15, 0.2) is 5.82 Å². The molecule has 0 aromatic carbocycles. The zero-order valence-corrected chi connectivity index (χ0v) is 14.6. The molecule has 0 unspecified atom stereocenters. The molecule has 0 aliphatic rings. The van der Waals surface area contributed by atoms with Crippen molar-refractivity contribution in [3.05, 3.63) is 22.7 Å². The lowest BCUT2D eigenvalue weighted by molar-refractivity contribution is 0.632. The lowest BCUT2D eigenvalue weighted by Crippen LogP contribution is -2.09. The van der Waals surface area contributed by atoms with Gasteiger partial charge in [-0.25, -0.2) is 15.0 Å². The maximum absolute atomic E-state index is 4.75. The first-order valence-electron chi connectivity index (χ1n) is 7.37. The molecule has 0 spiro atoms. The normalized spacial score (nSPS) is 11.1. The highest BCUT2D eigenvalue weighted by molar-refractivity contribution is 9.10. The summed E-state index contributed by atoms with van der Waals surface area (Å²) in [6.45, 7) is 10.2. The number of anilines is 1. The second-order valence-electron chi connectivity index (χ2n) is 5.35. The van der Waals surface area contributed by atoms with Crippen molar-refractivity contribution in [2.45, 2.75) is 40.7 Å². The topological polar surface area (TPSA) is 55.6 Å². The number of rotatable bonds is 6. The number of hydrogen-bond acceptors (Lipinski definition) is 4. The van der Waals surface area contributed by atoms with Gasteiger partial charge in [-0.05, 0) is 42.1 Å². The lowest BCUT2D eigenvalue weighted by Gasteiger charge is -2.14. The molecule has 0 aliphatic heterocycles. The summed E-state index contributed by atoms with van der Waals surface area (Å²) in [5.74, 6) is 2.11. The van der Waals surface area contributed by atoms with Crippen molar-refractivity contribution in [2.24, 2.45) is 5.92 Å². The highest BCUT2D eigenvalue weighted by atomic mass is 79.9. The number of nitrogens with one attached hydrogen (secondary N) is 1. The van der Waals surface area contributed by atoms with Crippen molar-refractivity contribution >= 4 is 21.7 Å². The highest BCUT2D eigenvalue weighted by Crippen LogP contribution is 2.28. The van der Waals surface area contributed by atoms with Crippen LogP contribution in [0.5, 0.6) is 0 Å². The Morgan fingerprint density at radius 2 is 2.05 bits per heavy atom. The molecule has 2 aromatic heterocycles. The van der Waals surface area contributed by atoms with Gasteiger partial charge in [0.05, 0.1) is 22.7 Å². The zero-order chi connectivity index (χ0) is 15.4. The summed E-state index contributed by atoms with van der Waals surface area (Å²) in [4.78, 5) is 13.6. The van der Waals surface area contributed by atoms with Crippen LogP contribution in [0.4, 0.5) is 5.82 Å². The van der Waals surface area contributed by atoms with Crippen LogP contribution in [0.25, 0.3) is 11.5 Å². The van der Waals surface area contributed by atoms with Crippen LogP contribution in [0.15, 0.2) is 17.0 Å². The summed E-state index contributed by atoms with van der Waals surface area (Å²) in [6.07, 6.45) is 4.55. The van der Waals surface area contributed by atoms with Crippen molar-refractivity contribution in [1.29, 1.82) is 0 Å². The van der Waals surface area contributed by atoms with Gasteiger partial charge in [0.2, 0.25) is 0 Å². The average molecular weight is 352 g/mol. The standard InChI is InChI=1S/C15H22BrN5/c1-5-18-15-13(16)11(7-10(3)4)19-14(20-15)12-8-17-9-21(12)6-2/h8-10H,5-7H2,1-4H3,(H,18,19,20). The van der Waals surface area contributed by atoms with Crippen LogP contribution in [0, 0.1) is 5.92 Å². The molecular formula is C15H22BrN5. The largest absolute Gasteiger partial charge is 0.369 e. The molecule has 0 saturated carbocycles. The molecule has 1 N–H and O–H groups in total. The maximum Gasteiger partial charge on any atom is 0.180 e. The van der Waals surface area contributed by atoms with Gasteiger partial charge in [-0.3, -0.25) is 0 Å². The van der Waals surface area contributed by atoms with Gasteiger partial charge >= 0.3 is 0 Å². The van der Waals surface area contributed by atoms with Gasteiger partial charge in [-0.1, -0.05) is 13.8 Å². The Hall–Kier alpha value is -1.43. The van der Waals surface area contributed by atoms with Gasteiger partial charge in [0, 0.05) is 13.1 Å². The summed E-state index contributed by atoms with van der Waals surface area (Å²) >= 11 is 3.63. The molecule has 0 amide bonds. The molecule has 114 valence electrons. The molecule has 2 aromatic rings. The fourth-order valence-electron chi connectivity index (χ4n) is 2.17. The summed E-state index contributed by atoms with van der Waals surface area (Å²) in [5.41, 5.74) is 1.99. The number of halogens is 1. The molecule has 0 aliphatic carbocycles. The molecule has 5 nitrogen and oxygen atoms in total. The van der Waals surface area contributed by atoms with Crippen molar-refractivity contribution in [3.63, 3.8) is 0 Å². The Kier molecular flexibility index (Phi) is 5.33. The van der Waals surface area contributed by atoms with Crippen LogP contribution in [0.2, 0.25) is 0 Å². The summed E-state index contributed by atoms with van der Waals surface area (Å²) in [7, 11) is 0. The lowest BCUT2D eigenvalue weighted by atomic mass is 10.1. The Labute approximate surface area is 134 Å². The zero-order valence-electron chi connectivity index (χ0n) is 13.0. The van der Waals surface area contributed by atoms with E-state index in [9.17, 15) is 0 Å². The van der Waals surface area contributed by atoms with E-state index in [0.717, 1.165) is 47.0 Å². The van der Waals surface area contributed by atoms with E-state index in [-0.39, 0.29) is 0 Å². The fraction of sp³-hybridized carbons (Fsp3) is 0.533. The smallest absolute Gasteiger partial charge is 0.180 e. The first-order valence-corrected chi connectivity index (χ1v) is 8.16. The van der Waals surface area contributed by atoms with Gasteiger partial charge in [-0.2, -0.15) is 0 Å². The third kappa shape index (κ3) is 3.61. The molecule has 0 saturated heterocycles. The van der Waals surface area contributed by atoms with Gasteiger partial charge < -0.3 is 9.88 Å². The van der Waals surface area contributed by atoms with Crippen molar-refractivity contribution in [3.8, 4) is 11.5 Å². The van der Waals surface area contributed by atoms with Gasteiger partial charge in [-0.15, -0.1) is 0 Å². The van der Waals surface area contributed by atoms with E-state index < -0.39 is 0 Å². The molecule has 6 heteroatoms. The highest BCUT2D eigenvalue weighted by Gasteiger charge is 2.16. The van der Waals surface area contributed by atoms with E-state index in [1.807, 2.05) is 12.5 Å². The SMILES string of the molecule is CCNc1nc(-c2cncn2CC)nc(CC(C)C)c1Br. The van der Waals surface area contributed by atoms with Crippen LogP contribution >= 0.6 is 15.9 Å². The summed E-state index contributed by atoms with van der Waals surface area (Å²) < 4.78 is 3.02. The van der Waals surface area contributed by atoms with E-state index in [1.54, 1.807) is 0 Å². The Balaban J connectivity index is 2.53. The van der Waals surface area contributed by atoms with Crippen LogP contribution in [0.3, 0.4) is 0 Å². The molecule has 21 heavy (non-hydrogen) atoms. The molecule has 2 rings (SSSR count). The van der Waals surface area contributed by atoms with Crippen molar-refractivity contribution in [1.82, 2.24) is 19.5 Å². The number of aromatic nitrogens is 4. The second kappa shape index (κ2) is 7.02. The van der Waals surface area contributed by atoms with E-state index in [1.165, 1.54) is 0 Å². The third-order valence-corrected chi connectivity index (χ3v) is 3.98. The molecule has 0 radical (unpaired) electrons. The predicted octanol–water partition coefficient (Wildman–Crippen LogP) is 3.75. The van der Waals surface area contributed by atoms with E-state index >= 15 is 0 Å². The number of hydrogen-bond donors (Lipinski definition) is 1. The second-order valence-corrected chi connectivity index (χ2v) is 6.14. The number of aryl methyl sites for hydroxylation is 1. The first kappa shape index (κ1) is 15.9. The Morgan fingerprint density at radius 3 is 2.67 bits per heavy atom. The van der Waals surface area contributed by atoms with Crippen molar-refractivity contribution < 1.29 is 0 Å². The quantitative estimate of drug-likeness (QED) is 0.860. The molecule has 0 fully saturated rings. The summed E-state index contributed by atoms with van der Waals surface area (Å²) in [5, 5.41) is 3.30. The molecule has 2 heterocycles. The van der Waals surface area contributed by atoms with Crippen LogP contribution in [-0.2, 0) is 13.0 Å². The molecule has 0 atom stereocenters. The maximum atomic E-state index is 4.75. The Morgan fingerprint density at radius 1 is 1.29 bits per heavy atom. The summed E-state index contributed by atoms with van der Waals surface area (Å²) in [6, 6.07) is 0. The van der Waals surface area contributed by atoms with E-state index in [0.29, 0.717) is 5.92 Å². The monoisotopic (exact) mass is 351 g/mol. The average Bonchev–Trinajstić information content (AvgIpc) is 2.91. The van der Waals surface area contributed by atoms with Gasteiger partial charge in [0.25, 0.3) is 0 Å². The fourth-order valence-corrected chi connectivity index (χ4v) is 2.65. The van der Waals surface area contributed by atoms with Gasteiger partial charge in [0.1, 0.15) is 11.5 Å². The Bertz CT molecular complexity index is 606. The molecular weight excluding hydrogens is 330 g/mol. The minimum atomic E-state index is 0.537. The minimum Gasteiger partial charge on any atom is -0.369 e. The van der Waals surface area contributed by atoms with Crippen molar-refractivity contribution in [2.75, 3.05) is 11.9 Å². The van der Waals surface area contributed by atoms with Crippen LogP contribution in [0.1, 0.15) is 33.4 Å². The number of nitrogens with zero attached hydrogens (tertiary/aromatic N) is 4. The molecule has 0 bridgehead atoms. The minimum absolute atomic E-state index is 0.537. The third-order valence-electron chi connectivity index (χ3n) is 3.15. The first-order chi connectivity index (χ1) is 10.1. The predicted molar refractivity (Wildman–Crippen MR) is 89.3 cm³/mol. The van der Waals surface area contributed by atoms with E-state index in [2.05, 4.69) is 63.5 Å². The van der Waals surface area contributed by atoms with E-state index in [4.69, 9.17) is 4.98 Å². The number of imidazole rings is 1. The van der Waals surface area contributed by atoms with Crippen LogP contribution < -0.4 is 5.32 Å².